The molecule has 9 heteroatoms. The molecule has 1 heterocycles. The summed E-state index contributed by atoms with van der Waals surface area (Å²) in [6, 6.07) is 10.5. The van der Waals surface area contributed by atoms with Gasteiger partial charge in [0.15, 0.2) is 5.17 Å². The van der Waals surface area contributed by atoms with E-state index in [9.17, 15) is 13.2 Å². The molecular weight excluding hydrogens is 478 g/mol. The summed E-state index contributed by atoms with van der Waals surface area (Å²) in [7, 11) is -3.82. The van der Waals surface area contributed by atoms with E-state index in [4.69, 9.17) is 16.6 Å². The summed E-state index contributed by atoms with van der Waals surface area (Å²) in [6.07, 6.45) is 0. The highest BCUT2D eigenvalue weighted by atomic mass is 35.5. The van der Waals surface area contributed by atoms with Gasteiger partial charge in [0, 0.05) is 24.4 Å². The van der Waals surface area contributed by atoms with Gasteiger partial charge in [-0.15, -0.1) is 0 Å². The Kier molecular flexibility index (Phi) is 7.63. The maximum Gasteiger partial charge on any atom is 0.260 e. The van der Waals surface area contributed by atoms with Crippen LogP contribution in [-0.4, -0.2) is 53.1 Å². The Morgan fingerprint density at radius 3 is 2.45 bits per heavy atom. The average molecular weight is 508 g/mol. The van der Waals surface area contributed by atoms with Gasteiger partial charge in [-0.25, -0.2) is 13.4 Å². The van der Waals surface area contributed by atoms with Crippen LogP contribution in [0, 0.1) is 13.8 Å². The lowest BCUT2D eigenvalue weighted by atomic mass is 10.0. The first-order valence-electron chi connectivity index (χ1n) is 10.9. The Balaban J connectivity index is 2.07. The van der Waals surface area contributed by atoms with Gasteiger partial charge in [0.2, 0.25) is 10.0 Å². The van der Waals surface area contributed by atoms with Gasteiger partial charge >= 0.3 is 0 Å². The molecule has 1 fully saturated rings. The first-order chi connectivity index (χ1) is 15.4. The van der Waals surface area contributed by atoms with Crippen molar-refractivity contribution >= 4 is 50.1 Å². The highest BCUT2D eigenvalue weighted by molar-refractivity contribution is 8.14. The zero-order chi connectivity index (χ0) is 24.6. The highest BCUT2D eigenvalue weighted by Crippen LogP contribution is 2.37. The molecule has 0 atom stereocenters. The molecule has 1 saturated heterocycles. The van der Waals surface area contributed by atoms with Gasteiger partial charge < -0.3 is 0 Å². The average Bonchev–Trinajstić information content (AvgIpc) is 3.05. The number of hydrogen-bond acceptors (Lipinski definition) is 5. The third kappa shape index (κ3) is 5.14. The van der Waals surface area contributed by atoms with Crippen molar-refractivity contribution in [2.75, 3.05) is 18.8 Å². The molecule has 1 amide bonds. The molecule has 3 rings (SSSR count). The van der Waals surface area contributed by atoms with Crippen LogP contribution < -0.4 is 0 Å². The number of thioether (sulfide) groups is 1. The normalized spacial score (nSPS) is 17.2. The summed E-state index contributed by atoms with van der Waals surface area (Å²) in [6.45, 7) is 12.1. The topological polar surface area (TPSA) is 70.1 Å². The van der Waals surface area contributed by atoms with E-state index in [1.54, 1.807) is 24.8 Å². The first kappa shape index (κ1) is 25.7. The van der Waals surface area contributed by atoms with Crippen molar-refractivity contribution in [2.24, 2.45) is 4.99 Å². The minimum absolute atomic E-state index is 0.0589. The van der Waals surface area contributed by atoms with Crippen LogP contribution in [0.15, 0.2) is 46.3 Å². The maximum absolute atomic E-state index is 13.7. The van der Waals surface area contributed by atoms with Crippen molar-refractivity contribution in [1.82, 2.24) is 9.21 Å². The van der Waals surface area contributed by atoms with Crippen LogP contribution in [0.25, 0.3) is 0 Å². The second-order valence-electron chi connectivity index (χ2n) is 8.66. The predicted octanol–water partition coefficient (Wildman–Crippen LogP) is 5.64. The number of carbonyl (C=O) groups excluding carboxylic acids is 1. The zero-order valence-electron chi connectivity index (χ0n) is 19.8. The molecule has 0 unspecified atom stereocenters. The summed E-state index contributed by atoms with van der Waals surface area (Å²) in [5, 5.41) is 0.694. The molecule has 1 aliphatic rings. The van der Waals surface area contributed by atoms with Crippen molar-refractivity contribution in [3.8, 4) is 0 Å². The Hall–Kier alpha value is -1.87. The number of benzene rings is 2. The van der Waals surface area contributed by atoms with Crippen molar-refractivity contribution in [3.05, 3.63) is 58.1 Å². The van der Waals surface area contributed by atoms with Gasteiger partial charge in [0.1, 0.15) is 4.90 Å². The summed E-state index contributed by atoms with van der Waals surface area (Å²) in [5.74, 6) is 0.377. The van der Waals surface area contributed by atoms with E-state index in [0.29, 0.717) is 24.0 Å². The van der Waals surface area contributed by atoms with Crippen LogP contribution in [0.4, 0.5) is 5.69 Å². The van der Waals surface area contributed by atoms with E-state index >= 15 is 0 Å². The van der Waals surface area contributed by atoms with Gasteiger partial charge in [-0.3, -0.25) is 9.69 Å². The summed E-state index contributed by atoms with van der Waals surface area (Å²) < 4.78 is 27.5. The van der Waals surface area contributed by atoms with Gasteiger partial charge in [-0.2, -0.15) is 4.31 Å². The van der Waals surface area contributed by atoms with E-state index in [0.717, 1.165) is 16.8 Å². The lowest BCUT2D eigenvalue weighted by molar-refractivity contribution is 0.0767. The molecule has 6 nitrogen and oxygen atoms in total. The molecule has 0 radical (unpaired) electrons. The quantitative estimate of drug-likeness (QED) is 0.507. The molecule has 178 valence electrons. The third-order valence-corrected chi connectivity index (χ3v) is 9.55. The van der Waals surface area contributed by atoms with E-state index in [2.05, 4.69) is 0 Å². The monoisotopic (exact) mass is 507 g/mol. The van der Waals surface area contributed by atoms with Gasteiger partial charge in [-0.05, 0) is 63.1 Å². The molecule has 0 aromatic heterocycles. The lowest BCUT2D eigenvalue weighted by Gasteiger charge is -2.30. The molecule has 0 spiro atoms. The predicted molar refractivity (Wildman–Crippen MR) is 137 cm³/mol. The maximum atomic E-state index is 13.7. The Morgan fingerprint density at radius 1 is 1.15 bits per heavy atom. The van der Waals surface area contributed by atoms with Gasteiger partial charge in [-0.1, -0.05) is 49.3 Å². The second-order valence-corrected chi connectivity index (χ2v) is 11.9. The number of aliphatic imine (C=N–C) groups is 1. The number of nitrogens with zero attached hydrogens (tertiary/aromatic N) is 3. The number of hydrogen-bond donors (Lipinski definition) is 0. The lowest BCUT2D eigenvalue weighted by Crippen LogP contribution is -2.46. The molecule has 0 saturated carbocycles. The van der Waals surface area contributed by atoms with Crippen LogP contribution in [0.1, 0.15) is 49.2 Å². The van der Waals surface area contributed by atoms with Gasteiger partial charge in [0.25, 0.3) is 5.91 Å². The smallest absolute Gasteiger partial charge is 0.260 e. The Bertz CT molecular complexity index is 1210. The molecule has 0 aliphatic carbocycles. The Labute approximate surface area is 206 Å². The Morgan fingerprint density at radius 2 is 1.82 bits per heavy atom. The van der Waals surface area contributed by atoms with E-state index in [-0.39, 0.29) is 21.4 Å². The standard InChI is InChI=1S/C24H30ClN3O3S2/c1-7-27(8-2)33(30,31)21-14-18(11-12-19(21)25)22(29)28-23(32-15-24(28,5)6)26-20-13-16(3)9-10-17(20)4/h9-14H,7-8,15H2,1-6H3. The number of carbonyl (C=O) groups is 1. The van der Waals surface area contributed by atoms with Crippen LogP contribution in [0.2, 0.25) is 5.02 Å². The molecule has 1 aliphatic heterocycles. The number of sulfonamides is 1. The molecule has 2 aromatic carbocycles. The van der Waals surface area contributed by atoms with Crippen molar-refractivity contribution < 1.29 is 13.2 Å². The van der Waals surface area contributed by atoms with Crippen molar-refractivity contribution in [3.63, 3.8) is 0 Å². The fourth-order valence-corrected chi connectivity index (χ4v) is 6.87. The van der Waals surface area contributed by atoms with Crippen LogP contribution >= 0.6 is 23.4 Å². The SMILES string of the molecule is CCN(CC)S(=O)(=O)c1cc(C(=O)N2C(=Nc3cc(C)ccc3C)SCC2(C)C)ccc1Cl. The van der Waals surface area contributed by atoms with Crippen LogP contribution in [-0.2, 0) is 10.0 Å². The fourth-order valence-electron chi connectivity index (χ4n) is 3.68. The number of halogens is 1. The summed E-state index contributed by atoms with van der Waals surface area (Å²) in [4.78, 5) is 20.1. The third-order valence-electron chi connectivity index (χ3n) is 5.64. The second kappa shape index (κ2) is 9.78. The molecule has 33 heavy (non-hydrogen) atoms. The number of aryl methyl sites for hydroxylation is 2. The molecule has 0 bridgehead atoms. The fraction of sp³-hybridized carbons (Fsp3) is 0.417. The van der Waals surface area contributed by atoms with Crippen LogP contribution in [0.3, 0.4) is 0 Å². The first-order valence-corrected chi connectivity index (χ1v) is 13.7. The van der Waals surface area contributed by atoms with Gasteiger partial charge in [0.05, 0.1) is 16.2 Å². The molecule has 2 aromatic rings. The van der Waals surface area contributed by atoms with Crippen LogP contribution in [0.5, 0.6) is 0 Å². The summed E-state index contributed by atoms with van der Waals surface area (Å²) >= 11 is 7.79. The van der Waals surface area contributed by atoms with E-state index < -0.39 is 15.6 Å². The summed E-state index contributed by atoms with van der Waals surface area (Å²) in [5.41, 5.74) is 2.69. The van der Waals surface area contributed by atoms with E-state index in [1.165, 1.54) is 28.2 Å². The number of amidine groups is 1. The number of rotatable bonds is 6. The molecular formula is C24H30ClN3O3S2. The minimum atomic E-state index is -3.82. The zero-order valence-corrected chi connectivity index (χ0v) is 22.2. The van der Waals surface area contributed by atoms with E-state index in [1.807, 2.05) is 45.9 Å². The molecule has 0 N–H and O–H groups in total. The number of amides is 1. The van der Waals surface area contributed by atoms with Crippen molar-refractivity contribution in [2.45, 2.75) is 52.0 Å². The van der Waals surface area contributed by atoms with Crippen molar-refractivity contribution in [1.29, 1.82) is 0 Å². The minimum Gasteiger partial charge on any atom is -0.281 e. The largest absolute Gasteiger partial charge is 0.281 e. The highest BCUT2D eigenvalue weighted by Gasteiger charge is 2.42.